The summed E-state index contributed by atoms with van der Waals surface area (Å²) in [6, 6.07) is 8.80. The van der Waals surface area contributed by atoms with Gasteiger partial charge in [-0.3, -0.25) is 9.59 Å². The van der Waals surface area contributed by atoms with Crippen molar-refractivity contribution in [3.63, 3.8) is 0 Å². The first-order valence-corrected chi connectivity index (χ1v) is 9.13. The maximum absolute atomic E-state index is 12.9. The number of anilines is 1. The lowest BCUT2D eigenvalue weighted by molar-refractivity contribution is -0.128. The molecular weight excluding hydrogens is 370 g/mol. The molecule has 1 heterocycles. The third kappa shape index (κ3) is 6.07. The summed E-state index contributed by atoms with van der Waals surface area (Å²) in [5.74, 6) is 0.729. The number of aromatic nitrogens is 1. The first-order chi connectivity index (χ1) is 13.6. The van der Waals surface area contributed by atoms with Crippen molar-refractivity contribution in [1.82, 2.24) is 10.3 Å². The van der Waals surface area contributed by atoms with Gasteiger partial charge in [-0.1, -0.05) is 26.8 Å². The fourth-order valence-electron chi connectivity index (χ4n) is 2.37. The molecule has 7 nitrogen and oxygen atoms in total. The molecule has 2 rings (SSSR count). The summed E-state index contributed by atoms with van der Waals surface area (Å²) in [4.78, 5) is 29.5. The monoisotopic (exact) mass is 397 g/mol. The second-order valence-corrected chi connectivity index (χ2v) is 7.55. The van der Waals surface area contributed by atoms with E-state index in [2.05, 4.69) is 15.6 Å². The van der Waals surface area contributed by atoms with Crippen molar-refractivity contribution >= 4 is 23.7 Å². The molecule has 0 spiro atoms. The van der Waals surface area contributed by atoms with Crippen LogP contribution in [0.25, 0.3) is 6.08 Å². The van der Waals surface area contributed by atoms with Crippen LogP contribution in [0.5, 0.6) is 11.5 Å². The van der Waals surface area contributed by atoms with Gasteiger partial charge < -0.3 is 20.1 Å². The number of methoxy groups -OCH3 is 2. The number of nitrogens with zero attached hydrogens (tertiary/aromatic N) is 1. The number of rotatable bonds is 6. The molecule has 0 saturated heterocycles. The average Bonchev–Trinajstić information content (AvgIpc) is 2.66. The van der Waals surface area contributed by atoms with Gasteiger partial charge in [-0.05, 0) is 48.4 Å². The SMILES string of the molecule is COc1ccc(/C=C(/NC(=O)C(C)(C)C)C(=O)Nc2cc(C)ccn2)cc1OC. The van der Waals surface area contributed by atoms with Gasteiger partial charge >= 0.3 is 0 Å². The van der Waals surface area contributed by atoms with Crippen LogP contribution in [0.1, 0.15) is 31.9 Å². The Balaban J connectivity index is 2.39. The molecule has 0 aliphatic rings. The van der Waals surface area contributed by atoms with Gasteiger partial charge in [0, 0.05) is 11.6 Å². The number of nitrogens with one attached hydrogen (secondary N) is 2. The second-order valence-electron chi connectivity index (χ2n) is 7.55. The largest absolute Gasteiger partial charge is 0.493 e. The molecule has 0 radical (unpaired) electrons. The Labute approximate surface area is 171 Å². The van der Waals surface area contributed by atoms with Gasteiger partial charge in [0.1, 0.15) is 11.5 Å². The highest BCUT2D eigenvalue weighted by Crippen LogP contribution is 2.28. The molecule has 2 amide bonds. The highest BCUT2D eigenvalue weighted by atomic mass is 16.5. The fraction of sp³-hybridized carbons (Fsp3) is 0.318. The summed E-state index contributed by atoms with van der Waals surface area (Å²) in [5.41, 5.74) is 1.05. The maximum atomic E-state index is 12.9. The normalized spacial score (nSPS) is 11.6. The Hall–Kier alpha value is -3.35. The topological polar surface area (TPSA) is 89.5 Å². The Bertz CT molecular complexity index is 930. The van der Waals surface area contributed by atoms with Crippen molar-refractivity contribution in [3.05, 3.63) is 53.4 Å². The van der Waals surface area contributed by atoms with Gasteiger partial charge in [-0.15, -0.1) is 0 Å². The number of carbonyl (C=O) groups is 2. The van der Waals surface area contributed by atoms with Crippen molar-refractivity contribution < 1.29 is 19.1 Å². The lowest BCUT2D eigenvalue weighted by Crippen LogP contribution is -2.38. The molecule has 0 aliphatic carbocycles. The fourth-order valence-corrected chi connectivity index (χ4v) is 2.37. The predicted octanol–water partition coefficient (Wildman–Crippen LogP) is 3.55. The quantitative estimate of drug-likeness (QED) is 0.728. The Morgan fingerprint density at radius 3 is 2.31 bits per heavy atom. The van der Waals surface area contributed by atoms with Crippen molar-refractivity contribution in [1.29, 1.82) is 0 Å². The number of amides is 2. The first kappa shape index (κ1) is 21.9. The Morgan fingerprint density at radius 2 is 1.72 bits per heavy atom. The van der Waals surface area contributed by atoms with Crippen LogP contribution in [0.4, 0.5) is 5.82 Å². The number of aryl methyl sites for hydroxylation is 1. The number of benzene rings is 1. The lowest BCUT2D eigenvalue weighted by Gasteiger charge is -2.19. The number of carbonyl (C=O) groups excluding carboxylic acids is 2. The molecule has 29 heavy (non-hydrogen) atoms. The van der Waals surface area contributed by atoms with Crippen LogP contribution >= 0.6 is 0 Å². The van der Waals surface area contributed by atoms with E-state index in [9.17, 15) is 9.59 Å². The zero-order valence-electron chi connectivity index (χ0n) is 17.6. The van der Waals surface area contributed by atoms with Gasteiger partial charge in [0.15, 0.2) is 11.5 Å². The number of hydrogen-bond donors (Lipinski definition) is 2. The van der Waals surface area contributed by atoms with Gasteiger partial charge in [-0.25, -0.2) is 4.98 Å². The van der Waals surface area contributed by atoms with E-state index < -0.39 is 11.3 Å². The molecule has 1 aromatic heterocycles. The van der Waals surface area contributed by atoms with Gasteiger partial charge in [-0.2, -0.15) is 0 Å². The standard InChI is InChI=1S/C22H27N3O4/c1-14-9-10-23-19(11-14)25-20(26)16(24-21(27)22(2,3)4)12-15-7-8-17(28-5)18(13-15)29-6/h7-13H,1-6H3,(H,24,27)(H,23,25,26)/b16-12+. The second kappa shape index (κ2) is 9.23. The molecule has 2 aromatic rings. The molecule has 1 aromatic carbocycles. The number of pyridine rings is 1. The van der Waals surface area contributed by atoms with Gasteiger partial charge in [0.25, 0.3) is 5.91 Å². The number of hydrogen-bond acceptors (Lipinski definition) is 5. The molecule has 0 bridgehead atoms. The zero-order chi connectivity index (χ0) is 21.6. The van der Waals surface area contributed by atoms with Crippen LogP contribution in [0.3, 0.4) is 0 Å². The maximum Gasteiger partial charge on any atom is 0.273 e. The third-order valence-corrected chi connectivity index (χ3v) is 4.05. The Morgan fingerprint density at radius 1 is 1.03 bits per heavy atom. The molecule has 7 heteroatoms. The summed E-state index contributed by atoms with van der Waals surface area (Å²) >= 11 is 0. The van der Waals surface area contributed by atoms with Crippen LogP contribution in [0.2, 0.25) is 0 Å². The van der Waals surface area contributed by atoms with Crippen molar-refractivity contribution in [2.24, 2.45) is 5.41 Å². The summed E-state index contributed by atoms with van der Waals surface area (Å²) in [7, 11) is 3.08. The predicted molar refractivity (Wildman–Crippen MR) is 113 cm³/mol. The minimum Gasteiger partial charge on any atom is -0.493 e. The first-order valence-electron chi connectivity index (χ1n) is 9.13. The van der Waals surface area contributed by atoms with E-state index in [4.69, 9.17) is 9.47 Å². The molecule has 154 valence electrons. The van der Waals surface area contributed by atoms with Gasteiger partial charge in [0.05, 0.1) is 14.2 Å². The van der Waals surface area contributed by atoms with Crippen LogP contribution in [0, 0.1) is 12.3 Å². The van der Waals surface area contributed by atoms with Crippen LogP contribution in [0.15, 0.2) is 42.2 Å². The Kier molecular flexibility index (Phi) is 6.98. The number of ether oxygens (including phenoxy) is 2. The average molecular weight is 397 g/mol. The van der Waals surface area contributed by atoms with E-state index in [0.29, 0.717) is 22.9 Å². The molecular formula is C22H27N3O4. The van der Waals surface area contributed by atoms with E-state index in [1.807, 2.05) is 13.0 Å². The van der Waals surface area contributed by atoms with Crippen LogP contribution in [-0.2, 0) is 9.59 Å². The minimum absolute atomic E-state index is 0.0976. The molecule has 0 aliphatic heterocycles. The van der Waals surface area contributed by atoms with E-state index in [1.54, 1.807) is 64.4 Å². The molecule has 0 fully saturated rings. The highest BCUT2D eigenvalue weighted by Gasteiger charge is 2.24. The van der Waals surface area contributed by atoms with E-state index in [0.717, 1.165) is 5.56 Å². The minimum atomic E-state index is -0.668. The smallest absolute Gasteiger partial charge is 0.273 e. The van der Waals surface area contributed by atoms with E-state index in [-0.39, 0.29) is 11.6 Å². The third-order valence-electron chi connectivity index (χ3n) is 4.05. The lowest BCUT2D eigenvalue weighted by atomic mass is 9.95. The highest BCUT2D eigenvalue weighted by molar-refractivity contribution is 6.08. The van der Waals surface area contributed by atoms with Crippen LogP contribution in [-0.4, -0.2) is 31.0 Å². The summed E-state index contributed by atoms with van der Waals surface area (Å²) in [6.45, 7) is 7.22. The molecule has 2 N–H and O–H groups in total. The van der Waals surface area contributed by atoms with Crippen molar-refractivity contribution in [2.45, 2.75) is 27.7 Å². The molecule has 0 saturated carbocycles. The molecule has 0 atom stereocenters. The summed E-state index contributed by atoms with van der Waals surface area (Å²) in [5, 5.41) is 5.44. The summed E-state index contributed by atoms with van der Waals surface area (Å²) < 4.78 is 10.6. The molecule has 0 unspecified atom stereocenters. The van der Waals surface area contributed by atoms with Gasteiger partial charge in [0.2, 0.25) is 5.91 Å². The van der Waals surface area contributed by atoms with Crippen molar-refractivity contribution in [2.75, 3.05) is 19.5 Å². The van der Waals surface area contributed by atoms with Crippen molar-refractivity contribution in [3.8, 4) is 11.5 Å². The summed E-state index contributed by atoms with van der Waals surface area (Å²) in [6.07, 6.45) is 3.19. The van der Waals surface area contributed by atoms with E-state index >= 15 is 0 Å². The van der Waals surface area contributed by atoms with E-state index in [1.165, 1.54) is 7.11 Å². The van der Waals surface area contributed by atoms with Crippen LogP contribution < -0.4 is 20.1 Å². The zero-order valence-corrected chi connectivity index (χ0v) is 17.6.